The number of nitrogens with one attached hydrogen (secondary N) is 2. The molecule has 0 radical (unpaired) electrons. The topological polar surface area (TPSA) is 116 Å². The van der Waals surface area contributed by atoms with Gasteiger partial charge in [0.25, 0.3) is 0 Å². The molecule has 3 rings (SSSR count). The van der Waals surface area contributed by atoms with Crippen molar-refractivity contribution in [3.8, 4) is 6.01 Å². The highest BCUT2D eigenvalue weighted by Crippen LogP contribution is 2.45. The molecule has 2 aliphatic rings. The van der Waals surface area contributed by atoms with E-state index in [-0.39, 0.29) is 6.10 Å². The second-order valence-corrected chi connectivity index (χ2v) is 7.80. The van der Waals surface area contributed by atoms with Crippen molar-refractivity contribution in [2.45, 2.75) is 51.7 Å². The largest absolute Gasteiger partial charge is 0.461 e. The Hall–Kier alpha value is -1.71. The maximum Gasteiger partial charge on any atom is 0.323 e. The number of anilines is 2. The number of hydrogen-bond donors (Lipinski definition) is 3. The zero-order valence-corrected chi connectivity index (χ0v) is 17.0. The molecule has 0 saturated heterocycles. The van der Waals surface area contributed by atoms with Crippen molar-refractivity contribution in [3.63, 3.8) is 0 Å². The van der Waals surface area contributed by atoms with E-state index in [1.165, 1.54) is 25.7 Å². The Bertz CT molecular complexity index is 603. The third-order valence-corrected chi connectivity index (χ3v) is 5.17. The number of nitrogens with zero attached hydrogens (tertiary/aromatic N) is 3. The summed E-state index contributed by atoms with van der Waals surface area (Å²) in [7, 11) is 0. The van der Waals surface area contributed by atoms with E-state index in [1.807, 2.05) is 13.8 Å². The van der Waals surface area contributed by atoms with Gasteiger partial charge in [-0.3, -0.25) is 0 Å². The molecular formula is C19H34N6O3. The van der Waals surface area contributed by atoms with Crippen LogP contribution in [0.4, 0.5) is 11.9 Å². The Kier molecular flexibility index (Phi) is 8.05. The Labute approximate surface area is 167 Å². The van der Waals surface area contributed by atoms with Gasteiger partial charge in [-0.25, -0.2) is 0 Å². The Morgan fingerprint density at radius 2 is 1.79 bits per heavy atom. The summed E-state index contributed by atoms with van der Waals surface area (Å²) in [6.45, 7) is 7.22. The molecule has 1 aromatic heterocycles. The standard InChI is InChI=1S/C19H34N6O3/c1-13(2)28-19-24-17(21-6-8-27-10-9-26-7-5-20)23-18(25-19)22-16-12-14-3-4-15(16)11-14/h13-16H,3-12,20H2,1-2H3,(H2,21,22,23,24,25). The molecule has 158 valence electrons. The Morgan fingerprint density at radius 3 is 2.46 bits per heavy atom. The molecule has 0 amide bonds. The predicted molar refractivity (Wildman–Crippen MR) is 108 cm³/mol. The third kappa shape index (κ3) is 6.42. The molecule has 28 heavy (non-hydrogen) atoms. The molecule has 9 heteroatoms. The number of nitrogens with two attached hydrogens (primary N) is 1. The van der Waals surface area contributed by atoms with Crippen LogP contribution in [-0.4, -0.2) is 66.6 Å². The van der Waals surface area contributed by atoms with E-state index in [9.17, 15) is 0 Å². The van der Waals surface area contributed by atoms with Gasteiger partial charge in [-0.2, -0.15) is 15.0 Å². The first-order valence-electron chi connectivity index (χ1n) is 10.4. The summed E-state index contributed by atoms with van der Waals surface area (Å²) in [5, 5.41) is 6.71. The molecule has 1 heterocycles. The summed E-state index contributed by atoms with van der Waals surface area (Å²) in [5.41, 5.74) is 5.37. The number of aromatic nitrogens is 3. The molecule has 0 spiro atoms. The van der Waals surface area contributed by atoms with Crippen LogP contribution < -0.4 is 21.1 Å². The minimum atomic E-state index is 0.00227. The maximum absolute atomic E-state index is 5.70. The lowest BCUT2D eigenvalue weighted by Crippen LogP contribution is -2.27. The number of ether oxygens (including phenoxy) is 3. The van der Waals surface area contributed by atoms with Gasteiger partial charge in [0.05, 0.1) is 32.5 Å². The molecule has 2 aliphatic carbocycles. The minimum Gasteiger partial charge on any atom is -0.461 e. The second kappa shape index (κ2) is 10.7. The van der Waals surface area contributed by atoms with Gasteiger partial charge in [-0.1, -0.05) is 6.42 Å². The van der Waals surface area contributed by atoms with Crippen LogP contribution in [0.5, 0.6) is 6.01 Å². The van der Waals surface area contributed by atoms with Crippen LogP contribution in [0.3, 0.4) is 0 Å². The molecule has 1 aromatic rings. The first-order chi connectivity index (χ1) is 13.6. The van der Waals surface area contributed by atoms with Crippen molar-refractivity contribution in [3.05, 3.63) is 0 Å². The molecular weight excluding hydrogens is 360 g/mol. The van der Waals surface area contributed by atoms with Gasteiger partial charge in [0, 0.05) is 19.1 Å². The zero-order chi connectivity index (χ0) is 19.8. The van der Waals surface area contributed by atoms with E-state index in [4.69, 9.17) is 19.9 Å². The van der Waals surface area contributed by atoms with E-state index in [1.54, 1.807) is 0 Å². The molecule has 2 saturated carbocycles. The van der Waals surface area contributed by atoms with Gasteiger partial charge < -0.3 is 30.6 Å². The predicted octanol–water partition coefficient (Wildman–Crippen LogP) is 1.66. The summed E-state index contributed by atoms with van der Waals surface area (Å²) in [6.07, 6.45) is 5.21. The van der Waals surface area contributed by atoms with Crippen molar-refractivity contribution in [1.29, 1.82) is 0 Å². The van der Waals surface area contributed by atoms with Crippen molar-refractivity contribution < 1.29 is 14.2 Å². The monoisotopic (exact) mass is 394 g/mol. The van der Waals surface area contributed by atoms with Crippen molar-refractivity contribution in [1.82, 2.24) is 15.0 Å². The van der Waals surface area contributed by atoms with E-state index in [0.29, 0.717) is 63.5 Å². The number of rotatable bonds is 13. The van der Waals surface area contributed by atoms with E-state index >= 15 is 0 Å². The highest BCUT2D eigenvalue weighted by Gasteiger charge is 2.39. The smallest absolute Gasteiger partial charge is 0.323 e. The lowest BCUT2D eigenvalue weighted by atomic mass is 9.95. The van der Waals surface area contributed by atoms with Crippen LogP contribution in [0.1, 0.15) is 39.5 Å². The number of hydrogen-bond acceptors (Lipinski definition) is 9. The molecule has 0 aromatic carbocycles. The maximum atomic E-state index is 5.70. The lowest BCUT2D eigenvalue weighted by molar-refractivity contribution is 0.0547. The fourth-order valence-electron chi connectivity index (χ4n) is 3.99. The van der Waals surface area contributed by atoms with Crippen LogP contribution >= 0.6 is 0 Å². The summed E-state index contributed by atoms with van der Waals surface area (Å²) in [4.78, 5) is 13.3. The van der Waals surface area contributed by atoms with Gasteiger partial charge in [-0.05, 0) is 44.9 Å². The zero-order valence-electron chi connectivity index (χ0n) is 17.0. The van der Waals surface area contributed by atoms with Crippen molar-refractivity contribution in [2.24, 2.45) is 17.6 Å². The molecule has 4 N–H and O–H groups in total. The van der Waals surface area contributed by atoms with Crippen molar-refractivity contribution in [2.75, 3.05) is 50.2 Å². The molecule has 3 atom stereocenters. The van der Waals surface area contributed by atoms with Crippen LogP contribution in [0.15, 0.2) is 0 Å². The van der Waals surface area contributed by atoms with E-state index in [0.717, 1.165) is 11.8 Å². The van der Waals surface area contributed by atoms with E-state index < -0.39 is 0 Å². The molecule has 0 aliphatic heterocycles. The van der Waals surface area contributed by atoms with Crippen LogP contribution in [-0.2, 0) is 9.47 Å². The highest BCUT2D eigenvalue weighted by atomic mass is 16.5. The first-order valence-corrected chi connectivity index (χ1v) is 10.4. The lowest BCUT2D eigenvalue weighted by Gasteiger charge is -2.23. The average Bonchev–Trinajstić information content (AvgIpc) is 3.26. The van der Waals surface area contributed by atoms with Gasteiger partial charge in [0.1, 0.15) is 0 Å². The summed E-state index contributed by atoms with van der Waals surface area (Å²) >= 11 is 0. The summed E-state index contributed by atoms with van der Waals surface area (Å²) in [5.74, 6) is 2.68. The van der Waals surface area contributed by atoms with Gasteiger partial charge in [0.15, 0.2) is 0 Å². The Balaban J connectivity index is 1.49. The Morgan fingerprint density at radius 1 is 1.00 bits per heavy atom. The normalized spacial score (nSPS) is 23.4. The van der Waals surface area contributed by atoms with E-state index in [2.05, 4.69) is 25.6 Å². The highest BCUT2D eigenvalue weighted by molar-refractivity contribution is 5.37. The van der Waals surface area contributed by atoms with Gasteiger partial charge in [0.2, 0.25) is 11.9 Å². The molecule has 9 nitrogen and oxygen atoms in total. The van der Waals surface area contributed by atoms with Crippen molar-refractivity contribution >= 4 is 11.9 Å². The molecule has 2 fully saturated rings. The fourth-order valence-corrected chi connectivity index (χ4v) is 3.99. The van der Waals surface area contributed by atoms with Gasteiger partial charge >= 0.3 is 6.01 Å². The average molecular weight is 395 g/mol. The van der Waals surface area contributed by atoms with Crippen LogP contribution in [0, 0.1) is 11.8 Å². The SMILES string of the molecule is CC(C)Oc1nc(NCCOCCOCCN)nc(NC2CC3CCC2C3)n1. The fraction of sp³-hybridized carbons (Fsp3) is 0.842. The van der Waals surface area contributed by atoms with Crippen LogP contribution in [0.25, 0.3) is 0 Å². The van der Waals surface area contributed by atoms with Crippen LogP contribution in [0.2, 0.25) is 0 Å². The third-order valence-electron chi connectivity index (χ3n) is 5.17. The molecule has 3 unspecified atom stereocenters. The minimum absolute atomic E-state index is 0.00227. The second-order valence-electron chi connectivity index (χ2n) is 7.80. The summed E-state index contributed by atoms with van der Waals surface area (Å²) < 4.78 is 16.5. The summed E-state index contributed by atoms with van der Waals surface area (Å²) in [6, 6.07) is 0.798. The first kappa shape index (κ1) is 21.0. The quantitative estimate of drug-likeness (QED) is 0.429. The van der Waals surface area contributed by atoms with Gasteiger partial charge in [-0.15, -0.1) is 0 Å². The number of fused-ring (bicyclic) bond motifs is 2. The molecule has 2 bridgehead atoms.